The number of aryl methyl sites for hydroxylation is 1. The van der Waals surface area contributed by atoms with Crippen LogP contribution in [0.2, 0.25) is 5.02 Å². The van der Waals surface area contributed by atoms with Crippen molar-refractivity contribution in [3.63, 3.8) is 0 Å². The molecule has 0 unspecified atom stereocenters. The normalized spacial score (nSPS) is 15.6. The SMILES string of the molecule is Cc1cccc(NC(=O)c2ccc3c(c2)C[C@H](C)N3S(=O)(=O)c2ccc(Cl)cc2)c1C. The van der Waals surface area contributed by atoms with Gasteiger partial charge in [0.05, 0.1) is 10.6 Å². The molecule has 3 aromatic rings. The van der Waals surface area contributed by atoms with E-state index in [1.165, 1.54) is 16.4 Å². The average Bonchev–Trinajstić information content (AvgIpc) is 3.07. The zero-order valence-electron chi connectivity index (χ0n) is 17.5. The number of rotatable bonds is 4. The molecule has 0 fully saturated rings. The highest BCUT2D eigenvalue weighted by atomic mass is 35.5. The maximum atomic E-state index is 13.3. The van der Waals surface area contributed by atoms with Crippen molar-refractivity contribution in [2.24, 2.45) is 0 Å². The molecule has 1 N–H and O–H groups in total. The van der Waals surface area contributed by atoms with Gasteiger partial charge in [0.1, 0.15) is 0 Å². The summed E-state index contributed by atoms with van der Waals surface area (Å²) in [5.41, 5.74) is 4.82. The lowest BCUT2D eigenvalue weighted by molar-refractivity contribution is 0.102. The monoisotopic (exact) mass is 454 g/mol. The minimum Gasteiger partial charge on any atom is -0.322 e. The Kier molecular flexibility index (Phi) is 5.54. The molecule has 0 saturated heterocycles. The number of nitrogens with one attached hydrogen (secondary N) is 1. The fraction of sp³-hybridized carbons (Fsp3) is 0.208. The Balaban J connectivity index is 1.64. The van der Waals surface area contributed by atoms with Crippen molar-refractivity contribution < 1.29 is 13.2 Å². The molecule has 3 aromatic carbocycles. The molecule has 0 spiro atoms. The molecular weight excluding hydrogens is 432 g/mol. The van der Waals surface area contributed by atoms with E-state index >= 15 is 0 Å². The largest absolute Gasteiger partial charge is 0.322 e. The molecule has 160 valence electrons. The topological polar surface area (TPSA) is 66.5 Å². The molecule has 0 aromatic heterocycles. The van der Waals surface area contributed by atoms with E-state index in [1.807, 2.05) is 39.0 Å². The number of anilines is 2. The Labute approximate surface area is 187 Å². The van der Waals surface area contributed by atoms with E-state index in [9.17, 15) is 13.2 Å². The lowest BCUT2D eigenvalue weighted by Gasteiger charge is -2.24. The quantitative estimate of drug-likeness (QED) is 0.577. The Bertz CT molecular complexity index is 1270. The first-order chi connectivity index (χ1) is 14.7. The molecule has 0 saturated carbocycles. The van der Waals surface area contributed by atoms with E-state index in [4.69, 9.17) is 11.6 Å². The third kappa shape index (κ3) is 3.93. The van der Waals surface area contributed by atoms with Crippen LogP contribution in [-0.2, 0) is 16.4 Å². The van der Waals surface area contributed by atoms with E-state index < -0.39 is 10.0 Å². The van der Waals surface area contributed by atoms with Gasteiger partial charge in [0.25, 0.3) is 15.9 Å². The molecule has 1 aliphatic heterocycles. The second-order valence-corrected chi connectivity index (χ2v) is 10.1. The fourth-order valence-corrected chi connectivity index (χ4v) is 5.73. The fourth-order valence-electron chi connectivity index (χ4n) is 3.91. The molecular formula is C24H23ClN2O3S. The molecule has 4 rings (SSSR count). The van der Waals surface area contributed by atoms with E-state index in [2.05, 4.69) is 5.32 Å². The first kappa shape index (κ1) is 21.4. The van der Waals surface area contributed by atoms with Gasteiger partial charge in [-0.05, 0) is 92.4 Å². The number of amides is 1. The number of halogens is 1. The highest BCUT2D eigenvalue weighted by Gasteiger charge is 2.36. The van der Waals surface area contributed by atoms with Crippen LogP contribution in [0.5, 0.6) is 0 Å². The highest BCUT2D eigenvalue weighted by molar-refractivity contribution is 7.92. The molecule has 5 nitrogen and oxygen atoms in total. The van der Waals surface area contributed by atoms with Crippen LogP contribution < -0.4 is 9.62 Å². The third-order valence-electron chi connectivity index (χ3n) is 5.72. The first-order valence-corrected chi connectivity index (χ1v) is 11.8. The van der Waals surface area contributed by atoms with Gasteiger partial charge in [-0.2, -0.15) is 0 Å². The van der Waals surface area contributed by atoms with Gasteiger partial charge in [-0.3, -0.25) is 9.10 Å². The number of carbonyl (C=O) groups excluding carboxylic acids is 1. The van der Waals surface area contributed by atoms with Crippen molar-refractivity contribution in [1.82, 2.24) is 0 Å². The summed E-state index contributed by atoms with van der Waals surface area (Å²) < 4.78 is 27.9. The van der Waals surface area contributed by atoms with Gasteiger partial charge in [-0.15, -0.1) is 0 Å². The minimum absolute atomic E-state index is 0.188. The number of hydrogen-bond donors (Lipinski definition) is 1. The molecule has 1 atom stereocenters. The van der Waals surface area contributed by atoms with E-state index in [-0.39, 0.29) is 16.8 Å². The second kappa shape index (κ2) is 8.02. The van der Waals surface area contributed by atoms with Crippen LogP contribution in [0.1, 0.15) is 34.0 Å². The summed E-state index contributed by atoms with van der Waals surface area (Å²) in [4.78, 5) is 13.0. The lowest BCUT2D eigenvalue weighted by Crippen LogP contribution is -2.35. The lowest BCUT2D eigenvalue weighted by atomic mass is 10.1. The predicted octanol–water partition coefficient (Wildman–Crippen LogP) is 5.35. The first-order valence-electron chi connectivity index (χ1n) is 9.99. The predicted molar refractivity (Wildman–Crippen MR) is 125 cm³/mol. The summed E-state index contributed by atoms with van der Waals surface area (Å²) in [6.45, 7) is 5.83. The van der Waals surface area contributed by atoms with Crippen LogP contribution in [0.3, 0.4) is 0 Å². The van der Waals surface area contributed by atoms with Crippen LogP contribution in [0.4, 0.5) is 11.4 Å². The number of hydrogen-bond acceptors (Lipinski definition) is 3. The van der Waals surface area contributed by atoms with Gasteiger partial charge in [0.2, 0.25) is 0 Å². The summed E-state index contributed by atoms with van der Waals surface area (Å²) in [7, 11) is -3.74. The van der Waals surface area contributed by atoms with Crippen LogP contribution in [0.15, 0.2) is 65.6 Å². The molecule has 1 amide bonds. The summed E-state index contributed by atoms with van der Waals surface area (Å²) in [5.74, 6) is -0.219. The number of carbonyl (C=O) groups is 1. The van der Waals surface area contributed by atoms with E-state index in [0.29, 0.717) is 22.7 Å². The summed E-state index contributed by atoms with van der Waals surface area (Å²) in [6.07, 6.45) is 0.534. The standard InChI is InChI=1S/C24H23ClN2O3S/c1-15-5-4-6-22(17(15)3)26-24(28)18-7-12-23-19(14-18)13-16(2)27(23)31(29,30)21-10-8-20(25)9-11-21/h4-12,14,16H,13H2,1-3H3,(H,26,28)/t16-/m0/s1. The van der Waals surface area contributed by atoms with Gasteiger partial charge in [-0.1, -0.05) is 23.7 Å². The average molecular weight is 455 g/mol. The highest BCUT2D eigenvalue weighted by Crippen LogP contribution is 2.37. The van der Waals surface area contributed by atoms with Crippen molar-refractivity contribution in [3.05, 3.63) is 87.9 Å². The molecule has 0 radical (unpaired) electrons. The van der Waals surface area contributed by atoms with Gasteiger partial charge in [0, 0.05) is 22.3 Å². The number of fused-ring (bicyclic) bond motifs is 1. The molecule has 31 heavy (non-hydrogen) atoms. The van der Waals surface area contributed by atoms with Crippen molar-refractivity contribution in [3.8, 4) is 0 Å². The Morgan fingerprint density at radius 2 is 1.77 bits per heavy atom. The van der Waals surface area contributed by atoms with Crippen molar-refractivity contribution in [2.45, 2.75) is 38.1 Å². The number of nitrogens with zero attached hydrogens (tertiary/aromatic N) is 1. The van der Waals surface area contributed by atoms with Crippen molar-refractivity contribution in [2.75, 3.05) is 9.62 Å². The van der Waals surface area contributed by atoms with Crippen LogP contribution in [-0.4, -0.2) is 20.4 Å². The van der Waals surface area contributed by atoms with Crippen LogP contribution in [0, 0.1) is 13.8 Å². The summed E-state index contributed by atoms with van der Waals surface area (Å²) in [6, 6.07) is 16.8. The van der Waals surface area contributed by atoms with Crippen molar-refractivity contribution >= 4 is 38.9 Å². The Hall–Kier alpha value is -2.83. The number of sulfonamides is 1. The second-order valence-electron chi connectivity index (χ2n) is 7.85. The maximum Gasteiger partial charge on any atom is 0.264 e. The molecule has 0 aliphatic carbocycles. The van der Waals surface area contributed by atoms with Gasteiger partial charge in [-0.25, -0.2) is 8.42 Å². The zero-order chi connectivity index (χ0) is 22.3. The van der Waals surface area contributed by atoms with E-state index in [0.717, 1.165) is 22.4 Å². The smallest absolute Gasteiger partial charge is 0.264 e. The van der Waals surface area contributed by atoms with Gasteiger partial charge < -0.3 is 5.32 Å². The zero-order valence-corrected chi connectivity index (χ0v) is 19.1. The van der Waals surface area contributed by atoms with Gasteiger partial charge >= 0.3 is 0 Å². The maximum absolute atomic E-state index is 13.3. The Morgan fingerprint density at radius 1 is 1.06 bits per heavy atom. The van der Waals surface area contributed by atoms with Crippen LogP contribution >= 0.6 is 11.6 Å². The molecule has 1 aliphatic rings. The molecule has 0 bridgehead atoms. The summed E-state index contributed by atoms with van der Waals surface area (Å²) in [5, 5.41) is 3.44. The summed E-state index contributed by atoms with van der Waals surface area (Å²) >= 11 is 5.91. The van der Waals surface area contributed by atoms with Gasteiger partial charge in [0.15, 0.2) is 0 Å². The minimum atomic E-state index is -3.74. The Morgan fingerprint density at radius 3 is 2.48 bits per heavy atom. The molecule has 1 heterocycles. The van der Waals surface area contributed by atoms with Crippen molar-refractivity contribution in [1.29, 1.82) is 0 Å². The third-order valence-corrected chi connectivity index (χ3v) is 7.91. The van der Waals surface area contributed by atoms with E-state index in [1.54, 1.807) is 30.3 Å². The molecule has 7 heteroatoms. The van der Waals surface area contributed by atoms with Crippen LogP contribution in [0.25, 0.3) is 0 Å². The number of benzene rings is 3.